The number of oxime groups is 1. The summed E-state index contributed by atoms with van der Waals surface area (Å²) in [5.74, 6) is -0.154. The van der Waals surface area contributed by atoms with Crippen molar-refractivity contribution in [3.05, 3.63) is 0 Å². The molecule has 1 aliphatic rings. The monoisotopic (exact) mass is 273 g/mol. The molecule has 1 saturated carbocycles. The fourth-order valence-electron chi connectivity index (χ4n) is 2.02. The van der Waals surface area contributed by atoms with Crippen LogP contribution >= 0.6 is 0 Å². The molecule has 0 aromatic rings. The molecule has 0 atom stereocenters. The summed E-state index contributed by atoms with van der Waals surface area (Å²) in [5.41, 5.74) is 4.80. The number of nitrogens with two attached hydrogens (primary N) is 1. The Bertz CT molecular complexity index is 316. The minimum atomic E-state index is -0.800. The molecule has 0 aromatic heterocycles. The standard InChI is InChI=1S/C12H23N3O4/c1-18-8-9-19-7-3-6-14-11(16)12(4-2-5-12)10(13)15-17/h17H,2-9H2,1H3,(H2,13,15)(H,14,16). The molecule has 7 nitrogen and oxygen atoms in total. The second-order valence-corrected chi connectivity index (χ2v) is 4.64. The van der Waals surface area contributed by atoms with Gasteiger partial charge in [-0.3, -0.25) is 4.79 Å². The van der Waals surface area contributed by atoms with Gasteiger partial charge in [-0.2, -0.15) is 0 Å². The smallest absolute Gasteiger partial charge is 0.233 e. The van der Waals surface area contributed by atoms with Crippen molar-refractivity contribution >= 4 is 11.7 Å². The van der Waals surface area contributed by atoms with Crippen LogP contribution in [0.1, 0.15) is 25.7 Å². The van der Waals surface area contributed by atoms with Crippen molar-refractivity contribution < 1.29 is 19.5 Å². The van der Waals surface area contributed by atoms with Gasteiger partial charge in [0, 0.05) is 20.3 Å². The fraction of sp³-hybridized carbons (Fsp3) is 0.833. The van der Waals surface area contributed by atoms with Gasteiger partial charge in [-0.15, -0.1) is 0 Å². The Hall–Kier alpha value is -1.34. The summed E-state index contributed by atoms with van der Waals surface area (Å²) >= 11 is 0. The van der Waals surface area contributed by atoms with Crippen LogP contribution < -0.4 is 11.1 Å². The number of carbonyl (C=O) groups is 1. The number of methoxy groups -OCH3 is 1. The van der Waals surface area contributed by atoms with Gasteiger partial charge in [0.1, 0.15) is 5.41 Å². The first-order valence-corrected chi connectivity index (χ1v) is 6.50. The topological polar surface area (TPSA) is 106 Å². The van der Waals surface area contributed by atoms with E-state index in [0.29, 0.717) is 39.2 Å². The lowest BCUT2D eigenvalue weighted by molar-refractivity contribution is -0.131. The number of rotatable bonds is 9. The van der Waals surface area contributed by atoms with E-state index in [0.717, 1.165) is 12.8 Å². The van der Waals surface area contributed by atoms with E-state index >= 15 is 0 Å². The van der Waals surface area contributed by atoms with E-state index in [1.807, 2.05) is 0 Å². The lowest BCUT2D eigenvalue weighted by Gasteiger charge is -2.38. The molecule has 110 valence electrons. The number of carbonyl (C=O) groups excluding carboxylic acids is 1. The molecule has 0 saturated heterocycles. The Morgan fingerprint density at radius 1 is 1.42 bits per heavy atom. The van der Waals surface area contributed by atoms with E-state index < -0.39 is 5.41 Å². The largest absolute Gasteiger partial charge is 0.409 e. The number of nitrogens with zero attached hydrogens (tertiary/aromatic N) is 1. The third kappa shape index (κ3) is 4.07. The Balaban J connectivity index is 2.20. The fourth-order valence-corrected chi connectivity index (χ4v) is 2.02. The summed E-state index contributed by atoms with van der Waals surface area (Å²) in [6.07, 6.45) is 2.92. The third-order valence-corrected chi connectivity index (χ3v) is 3.42. The average molecular weight is 273 g/mol. The molecule has 7 heteroatoms. The lowest BCUT2D eigenvalue weighted by Crippen LogP contribution is -2.54. The highest BCUT2D eigenvalue weighted by Gasteiger charge is 2.48. The van der Waals surface area contributed by atoms with Crippen LogP contribution in [0.2, 0.25) is 0 Å². The van der Waals surface area contributed by atoms with Crippen LogP contribution in [0, 0.1) is 5.41 Å². The Labute approximate surface area is 113 Å². The van der Waals surface area contributed by atoms with E-state index in [2.05, 4.69) is 10.5 Å². The maximum atomic E-state index is 12.0. The highest BCUT2D eigenvalue weighted by Crippen LogP contribution is 2.41. The summed E-state index contributed by atoms with van der Waals surface area (Å²) in [7, 11) is 1.62. The second-order valence-electron chi connectivity index (χ2n) is 4.64. The zero-order chi connectivity index (χ0) is 14.1. The Morgan fingerprint density at radius 3 is 2.68 bits per heavy atom. The summed E-state index contributed by atoms with van der Waals surface area (Å²) < 4.78 is 10.1. The lowest BCUT2D eigenvalue weighted by atomic mass is 9.67. The molecule has 0 heterocycles. The van der Waals surface area contributed by atoms with Gasteiger partial charge in [0.15, 0.2) is 5.84 Å². The molecule has 0 radical (unpaired) electrons. The van der Waals surface area contributed by atoms with Crippen molar-refractivity contribution in [1.82, 2.24) is 5.32 Å². The van der Waals surface area contributed by atoms with Crippen LogP contribution in [-0.2, 0) is 14.3 Å². The molecule has 1 fully saturated rings. The second kappa shape index (κ2) is 7.96. The van der Waals surface area contributed by atoms with E-state index in [-0.39, 0.29) is 11.7 Å². The minimum Gasteiger partial charge on any atom is -0.409 e. The van der Waals surface area contributed by atoms with Crippen LogP contribution in [-0.4, -0.2) is 50.4 Å². The molecule has 1 rings (SSSR count). The van der Waals surface area contributed by atoms with Crippen LogP contribution in [0.5, 0.6) is 0 Å². The Morgan fingerprint density at radius 2 is 2.16 bits per heavy atom. The van der Waals surface area contributed by atoms with Gasteiger partial charge in [-0.1, -0.05) is 11.6 Å². The molecule has 0 aromatic carbocycles. The van der Waals surface area contributed by atoms with Gasteiger partial charge in [-0.05, 0) is 19.3 Å². The van der Waals surface area contributed by atoms with Gasteiger partial charge >= 0.3 is 0 Å². The normalized spacial score (nSPS) is 17.8. The van der Waals surface area contributed by atoms with Gasteiger partial charge in [0.25, 0.3) is 0 Å². The van der Waals surface area contributed by atoms with E-state index in [1.54, 1.807) is 7.11 Å². The minimum absolute atomic E-state index is 0.00703. The summed E-state index contributed by atoms with van der Waals surface area (Å²) in [4.78, 5) is 12.0. The van der Waals surface area contributed by atoms with Crippen LogP contribution in [0.25, 0.3) is 0 Å². The maximum Gasteiger partial charge on any atom is 0.233 e. The first kappa shape index (κ1) is 15.7. The highest BCUT2D eigenvalue weighted by atomic mass is 16.5. The van der Waals surface area contributed by atoms with Gasteiger partial charge in [0.2, 0.25) is 5.91 Å². The van der Waals surface area contributed by atoms with Crippen molar-refractivity contribution in [3.63, 3.8) is 0 Å². The summed E-state index contributed by atoms with van der Waals surface area (Å²) in [6, 6.07) is 0. The number of hydrogen-bond donors (Lipinski definition) is 3. The molecule has 19 heavy (non-hydrogen) atoms. The number of nitrogens with one attached hydrogen (secondary N) is 1. The van der Waals surface area contributed by atoms with E-state index in [9.17, 15) is 4.79 Å². The predicted octanol–water partition coefficient (Wildman–Crippen LogP) is 0.0724. The Kier molecular flexibility index (Phi) is 6.58. The third-order valence-electron chi connectivity index (χ3n) is 3.42. The summed E-state index contributed by atoms with van der Waals surface area (Å²) in [5, 5.41) is 14.5. The van der Waals surface area contributed by atoms with Crippen molar-refractivity contribution in [3.8, 4) is 0 Å². The molecule has 4 N–H and O–H groups in total. The number of hydrogen-bond acceptors (Lipinski definition) is 5. The zero-order valence-corrected chi connectivity index (χ0v) is 11.4. The molecule has 0 unspecified atom stereocenters. The molecule has 1 aliphatic carbocycles. The molecule has 0 spiro atoms. The van der Waals surface area contributed by atoms with Crippen LogP contribution in [0.15, 0.2) is 5.16 Å². The van der Waals surface area contributed by atoms with E-state index in [1.165, 1.54) is 0 Å². The first-order chi connectivity index (χ1) is 9.17. The maximum absolute atomic E-state index is 12.0. The van der Waals surface area contributed by atoms with Crippen molar-refractivity contribution in [2.75, 3.05) is 33.5 Å². The van der Waals surface area contributed by atoms with Crippen LogP contribution in [0.4, 0.5) is 0 Å². The molecule has 1 amide bonds. The average Bonchev–Trinajstić information content (AvgIpc) is 2.36. The van der Waals surface area contributed by atoms with Gasteiger partial charge in [-0.25, -0.2) is 0 Å². The van der Waals surface area contributed by atoms with Crippen molar-refractivity contribution in [2.24, 2.45) is 16.3 Å². The van der Waals surface area contributed by atoms with Gasteiger partial charge < -0.3 is 25.7 Å². The predicted molar refractivity (Wildman–Crippen MR) is 70.0 cm³/mol. The van der Waals surface area contributed by atoms with Crippen molar-refractivity contribution in [2.45, 2.75) is 25.7 Å². The highest BCUT2D eigenvalue weighted by molar-refractivity contribution is 6.07. The van der Waals surface area contributed by atoms with Gasteiger partial charge in [0.05, 0.1) is 13.2 Å². The number of amides is 1. The molecule has 0 bridgehead atoms. The van der Waals surface area contributed by atoms with Crippen molar-refractivity contribution in [1.29, 1.82) is 0 Å². The molecular weight excluding hydrogens is 250 g/mol. The molecule has 0 aliphatic heterocycles. The SMILES string of the molecule is COCCOCCCNC(=O)C1(C(N)=NO)CCC1. The summed E-state index contributed by atoms with van der Waals surface area (Å²) in [6.45, 7) is 2.21. The van der Waals surface area contributed by atoms with Crippen LogP contribution in [0.3, 0.4) is 0 Å². The first-order valence-electron chi connectivity index (χ1n) is 6.50. The quantitative estimate of drug-likeness (QED) is 0.181. The number of amidine groups is 1. The molecular formula is C12H23N3O4. The van der Waals surface area contributed by atoms with E-state index in [4.69, 9.17) is 20.4 Å². The zero-order valence-electron chi connectivity index (χ0n) is 11.4. The number of ether oxygens (including phenoxy) is 2.